The van der Waals surface area contributed by atoms with Crippen LogP contribution >= 0.6 is 11.3 Å². The molecule has 4 nitrogen and oxygen atoms in total. The van der Waals surface area contributed by atoms with Gasteiger partial charge in [0.25, 0.3) is 5.56 Å². The van der Waals surface area contributed by atoms with Crippen molar-refractivity contribution in [3.05, 3.63) is 58.4 Å². The second-order valence-electron chi connectivity index (χ2n) is 4.79. The summed E-state index contributed by atoms with van der Waals surface area (Å²) in [6.45, 7) is 0. The first-order chi connectivity index (χ1) is 10.2. The first-order valence-corrected chi connectivity index (χ1v) is 7.18. The Labute approximate surface area is 122 Å². The van der Waals surface area contributed by atoms with Gasteiger partial charge in [-0.15, -0.1) is 11.3 Å². The zero-order chi connectivity index (χ0) is 14.6. The smallest absolute Gasteiger partial charge is 0.337 e. The van der Waals surface area contributed by atoms with Gasteiger partial charge >= 0.3 is 5.97 Å². The number of pyridine rings is 1. The SMILES string of the molecule is O=C(O)c1cccc2c1[nH]c(=O)c1c3ccccc3sc21. The molecule has 21 heavy (non-hydrogen) atoms. The van der Waals surface area contributed by atoms with Crippen molar-refractivity contribution in [2.75, 3.05) is 0 Å². The minimum atomic E-state index is -1.04. The molecule has 0 radical (unpaired) electrons. The van der Waals surface area contributed by atoms with Crippen molar-refractivity contribution in [2.24, 2.45) is 0 Å². The first kappa shape index (κ1) is 12.1. The maximum atomic E-state index is 12.4. The van der Waals surface area contributed by atoms with Gasteiger partial charge in [0, 0.05) is 15.5 Å². The molecular weight excluding hydrogens is 286 g/mol. The van der Waals surface area contributed by atoms with Crippen LogP contribution in [0, 0.1) is 0 Å². The highest BCUT2D eigenvalue weighted by Crippen LogP contribution is 2.35. The molecule has 0 saturated carbocycles. The highest BCUT2D eigenvalue weighted by atomic mass is 32.1. The number of fused-ring (bicyclic) bond motifs is 5. The molecule has 5 heteroatoms. The molecule has 2 N–H and O–H groups in total. The molecule has 0 unspecified atom stereocenters. The van der Waals surface area contributed by atoms with Crippen molar-refractivity contribution in [3.63, 3.8) is 0 Å². The number of H-pyrrole nitrogens is 1. The van der Waals surface area contributed by atoms with Crippen LogP contribution in [-0.2, 0) is 0 Å². The normalized spacial score (nSPS) is 11.4. The number of nitrogens with one attached hydrogen (secondary N) is 1. The van der Waals surface area contributed by atoms with Gasteiger partial charge in [0.2, 0.25) is 0 Å². The number of para-hydroxylation sites is 1. The molecule has 2 aromatic carbocycles. The first-order valence-electron chi connectivity index (χ1n) is 6.36. The number of hydrogen-bond acceptors (Lipinski definition) is 3. The molecule has 2 aromatic heterocycles. The van der Waals surface area contributed by atoms with E-state index < -0.39 is 5.97 Å². The van der Waals surface area contributed by atoms with Crippen LogP contribution in [0.4, 0.5) is 0 Å². The molecule has 0 fully saturated rings. The van der Waals surface area contributed by atoms with Crippen molar-refractivity contribution < 1.29 is 9.90 Å². The zero-order valence-electron chi connectivity index (χ0n) is 10.7. The van der Waals surface area contributed by atoms with Crippen LogP contribution < -0.4 is 5.56 Å². The molecule has 0 spiro atoms. The second kappa shape index (κ2) is 4.17. The average Bonchev–Trinajstić information content (AvgIpc) is 2.87. The van der Waals surface area contributed by atoms with Gasteiger partial charge in [0.05, 0.1) is 21.2 Å². The van der Waals surface area contributed by atoms with Gasteiger partial charge in [-0.1, -0.05) is 30.3 Å². The lowest BCUT2D eigenvalue weighted by Crippen LogP contribution is -2.08. The lowest BCUT2D eigenvalue weighted by Gasteiger charge is -2.03. The third-order valence-electron chi connectivity index (χ3n) is 3.60. The van der Waals surface area contributed by atoms with E-state index in [-0.39, 0.29) is 11.1 Å². The monoisotopic (exact) mass is 295 g/mol. The zero-order valence-corrected chi connectivity index (χ0v) is 11.5. The van der Waals surface area contributed by atoms with Crippen LogP contribution in [0.25, 0.3) is 31.1 Å². The Morgan fingerprint density at radius 3 is 2.62 bits per heavy atom. The standard InChI is InChI=1S/C16H9NO3S/c18-15-12-8-4-1-2-7-11(8)21-14(12)9-5-3-6-10(16(19)20)13(9)17-15/h1-7H,(H,17,18)(H,19,20). The minimum Gasteiger partial charge on any atom is -0.478 e. The number of carboxylic acids is 1. The summed E-state index contributed by atoms with van der Waals surface area (Å²) in [4.78, 5) is 26.4. The third kappa shape index (κ3) is 1.61. The van der Waals surface area contributed by atoms with Crippen molar-refractivity contribution in [3.8, 4) is 0 Å². The Hall–Kier alpha value is -2.66. The van der Waals surface area contributed by atoms with Crippen LogP contribution in [0.3, 0.4) is 0 Å². The molecule has 0 atom stereocenters. The number of benzene rings is 2. The summed E-state index contributed by atoms with van der Waals surface area (Å²) in [5.41, 5.74) is 0.252. The maximum absolute atomic E-state index is 12.4. The third-order valence-corrected chi connectivity index (χ3v) is 4.80. The highest BCUT2D eigenvalue weighted by Gasteiger charge is 2.15. The molecule has 2 heterocycles. The number of aromatic carboxylic acids is 1. The summed E-state index contributed by atoms with van der Waals surface area (Å²) < 4.78 is 1.85. The van der Waals surface area contributed by atoms with E-state index in [1.807, 2.05) is 30.3 Å². The van der Waals surface area contributed by atoms with E-state index in [1.165, 1.54) is 17.4 Å². The maximum Gasteiger partial charge on any atom is 0.337 e. The predicted octanol–water partition coefficient (Wildman–Crippen LogP) is 3.59. The fourth-order valence-electron chi connectivity index (χ4n) is 2.69. The Kier molecular flexibility index (Phi) is 2.40. The van der Waals surface area contributed by atoms with Gasteiger partial charge in [-0.3, -0.25) is 4.79 Å². The molecule has 0 amide bonds. The molecule has 0 aliphatic carbocycles. The van der Waals surface area contributed by atoms with Crippen LogP contribution in [0.2, 0.25) is 0 Å². The molecule has 0 saturated heterocycles. The van der Waals surface area contributed by atoms with Gasteiger partial charge in [0.1, 0.15) is 0 Å². The van der Waals surface area contributed by atoms with Crippen molar-refractivity contribution in [2.45, 2.75) is 0 Å². The number of carboxylic acid groups (broad SMARTS) is 1. The Bertz CT molecular complexity index is 1090. The van der Waals surface area contributed by atoms with E-state index >= 15 is 0 Å². The predicted molar refractivity (Wildman–Crippen MR) is 84.4 cm³/mol. The van der Waals surface area contributed by atoms with Crippen LogP contribution in [0.15, 0.2) is 47.3 Å². The molecule has 4 rings (SSSR count). The van der Waals surface area contributed by atoms with Gasteiger partial charge in [0.15, 0.2) is 0 Å². The molecule has 102 valence electrons. The van der Waals surface area contributed by atoms with Crippen molar-refractivity contribution >= 4 is 48.4 Å². The van der Waals surface area contributed by atoms with Crippen LogP contribution in [0.1, 0.15) is 10.4 Å². The molecular formula is C16H9NO3S. The largest absolute Gasteiger partial charge is 0.478 e. The van der Waals surface area contributed by atoms with E-state index in [2.05, 4.69) is 4.98 Å². The molecule has 0 bridgehead atoms. The number of rotatable bonds is 1. The van der Waals surface area contributed by atoms with Gasteiger partial charge in [-0.25, -0.2) is 4.79 Å². The number of thiophene rings is 1. The Balaban J connectivity index is 2.33. The summed E-state index contributed by atoms with van der Waals surface area (Å²) >= 11 is 1.51. The Morgan fingerprint density at radius 2 is 1.81 bits per heavy atom. The topological polar surface area (TPSA) is 70.2 Å². The summed E-state index contributed by atoms with van der Waals surface area (Å²) in [6.07, 6.45) is 0. The van der Waals surface area contributed by atoms with E-state index in [0.29, 0.717) is 10.9 Å². The van der Waals surface area contributed by atoms with Crippen molar-refractivity contribution in [1.82, 2.24) is 4.98 Å². The van der Waals surface area contributed by atoms with E-state index in [0.717, 1.165) is 20.2 Å². The summed E-state index contributed by atoms with van der Waals surface area (Å²) in [7, 11) is 0. The van der Waals surface area contributed by atoms with Crippen LogP contribution in [-0.4, -0.2) is 16.1 Å². The minimum absolute atomic E-state index is 0.115. The summed E-state index contributed by atoms with van der Waals surface area (Å²) in [6, 6.07) is 12.7. The highest BCUT2D eigenvalue weighted by molar-refractivity contribution is 7.26. The number of aromatic amines is 1. The lowest BCUT2D eigenvalue weighted by molar-refractivity contribution is 0.0699. The van der Waals surface area contributed by atoms with Gasteiger partial charge in [-0.05, 0) is 12.1 Å². The fourth-order valence-corrected chi connectivity index (χ4v) is 3.92. The average molecular weight is 295 g/mol. The van der Waals surface area contributed by atoms with Gasteiger partial charge < -0.3 is 10.1 Å². The van der Waals surface area contributed by atoms with Gasteiger partial charge in [-0.2, -0.15) is 0 Å². The Morgan fingerprint density at radius 1 is 1.05 bits per heavy atom. The number of carbonyl (C=O) groups is 1. The summed E-state index contributed by atoms with van der Waals surface area (Å²) in [5.74, 6) is -1.04. The van der Waals surface area contributed by atoms with E-state index in [4.69, 9.17) is 0 Å². The van der Waals surface area contributed by atoms with Crippen LogP contribution in [0.5, 0.6) is 0 Å². The second-order valence-corrected chi connectivity index (χ2v) is 5.84. The van der Waals surface area contributed by atoms with E-state index in [1.54, 1.807) is 6.07 Å². The number of hydrogen-bond donors (Lipinski definition) is 2. The quantitative estimate of drug-likeness (QED) is 0.563. The molecule has 4 aromatic rings. The molecule has 0 aliphatic rings. The molecule has 0 aliphatic heterocycles. The number of aromatic nitrogens is 1. The van der Waals surface area contributed by atoms with E-state index in [9.17, 15) is 14.7 Å². The summed E-state index contributed by atoms with van der Waals surface area (Å²) in [5, 5.41) is 11.6. The fraction of sp³-hybridized carbons (Fsp3) is 0. The lowest BCUT2D eigenvalue weighted by atomic mass is 10.1. The van der Waals surface area contributed by atoms with Crippen molar-refractivity contribution in [1.29, 1.82) is 0 Å².